The lowest BCUT2D eigenvalue weighted by atomic mass is 10.1. The molecule has 0 aliphatic rings. The minimum atomic E-state index is -4.53. The maximum atomic E-state index is 13.3. The van der Waals surface area contributed by atoms with Gasteiger partial charge in [0.25, 0.3) is 0 Å². The van der Waals surface area contributed by atoms with Gasteiger partial charge in [-0.25, -0.2) is 8.42 Å². The molecular formula is C25H21F3N2O3S. The molecule has 9 heteroatoms. The van der Waals surface area contributed by atoms with Crippen LogP contribution in [0.5, 0.6) is 0 Å². The molecule has 176 valence electrons. The first-order chi connectivity index (χ1) is 16.0. The molecule has 0 fully saturated rings. The maximum Gasteiger partial charge on any atom is 0.416 e. The van der Waals surface area contributed by atoms with Crippen molar-refractivity contribution in [1.82, 2.24) is 4.57 Å². The van der Waals surface area contributed by atoms with Crippen LogP contribution in [-0.2, 0) is 33.1 Å². The van der Waals surface area contributed by atoms with E-state index in [4.69, 9.17) is 0 Å². The number of alkyl halides is 3. The number of carbonyl (C=O) groups is 1. The number of amides is 1. The average molecular weight is 487 g/mol. The summed E-state index contributed by atoms with van der Waals surface area (Å²) < 4.78 is 66.9. The van der Waals surface area contributed by atoms with Gasteiger partial charge in [-0.1, -0.05) is 48.5 Å². The van der Waals surface area contributed by atoms with Crippen LogP contribution in [0.1, 0.15) is 16.7 Å². The quantitative estimate of drug-likeness (QED) is 0.387. The minimum Gasteiger partial charge on any atom is -0.337 e. The number of aryl methyl sites for hydroxylation is 1. The van der Waals surface area contributed by atoms with Gasteiger partial charge in [-0.15, -0.1) is 0 Å². The highest BCUT2D eigenvalue weighted by atomic mass is 32.2. The number of benzene rings is 3. The molecule has 3 aromatic carbocycles. The topological polar surface area (TPSA) is 68.2 Å². The maximum absolute atomic E-state index is 13.3. The lowest BCUT2D eigenvalue weighted by Crippen LogP contribution is -2.18. The van der Waals surface area contributed by atoms with E-state index in [0.29, 0.717) is 16.5 Å². The monoisotopic (exact) mass is 486 g/mol. The Balaban J connectivity index is 1.62. The second-order valence-electron chi connectivity index (χ2n) is 7.95. The first-order valence-corrected chi connectivity index (χ1v) is 12.0. The summed E-state index contributed by atoms with van der Waals surface area (Å²) in [6.07, 6.45) is -3.12. The summed E-state index contributed by atoms with van der Waals surface area (Å²) in [7, 11) is -3.74. The smallest absolute Gasteiger partial charge is 0.337 e. The summed E-state index contributed by atoms with van der Waals surface area (Å²) in [5.41, 5.74) is 1.20. The number of hydrogen-bond acceptors (Lipinski definition) is 3. The fourth-order valence-electron chi connectivity index (χ4n) is 3.77. The van der Waals surface area contributed by atoms with Gasteiger partial charge >= 0.3 is 6.18 Å². The van der Waals surface area contributed by atoms with E-state index in [1.807, 2.05) is 19.1 Å². The molecule has 0 aliphatic heterocycles. The molecule has 4 aromatic rings. The molecular weight excluding hydrogens is 465 g/mol. The van der Waals surface area contributed by atoms with Gasteiger partial charge in [0.2, 0.25) is 5.91 Å². The Labute approximate surface area is 194 Å². The zero-order chi connectivity index (χ0) is 24.5. The number of nitrogens with one attached hydrogen (secondary N) is 1. The highest BCUT2D eigenvalue weighted by Crippen LogP contribution is 2.31. The molecule has 0 saturated heterocycles. The van der Waals surface area contributed by atoms with Gasteiger partial charge < -0.3 is 9.88 Å². The molecule has 0 saturated carbocycles. The highest BCUT2D eigenvalue weighted by Gasteiger charge is 2.30. The van der Waals surface area contributed by atoms with Crippen LogP contribution in [-0.4, -0.2) is 18.9 Å². The van der Waals surface area contributed by atoms with Gasteiger partial charge in [0.15, 0.2) is 9.84 Å². The third-order valence-corrected chi connectivity index (χ3v) is 7.17. The van der Waals surface area contributed by atoms with E-state index in [1.54, 1.807) is 36.4 Å². The van der Waals surface area contributed by atoms with Crippen LogP contribution in [0.15, 0.2) is 83.9 Å². The molecule has 0 bridgehead atoms. The molecule has 0 spiro atoms. The van der Waals surface area contributed by atoms with Crippen molar-refractivity contribution in [2.75, 3.05) is 5.32 Å². The van der Waals surface area contributed by atoms with E-state index in [-0.39, 0.29) is 22.9 Å². The zero-order valence-corrected chi connectivity index (χ0v) is 19.0. The van der Waals surface area contributed by atoms with Crippen molar-refractivity contribution in [2.45, 2.75) is 30.3 Å². The predicted octanol–water partition coefficient (Wildman–Crippen LogP) is 5.58. The fraction of sp³-hybridized carbons (Fsp3) is 0.160. The molecule has 5 nitrogen and oxygen atoms in total. The Morgan fingerprint density at radius 3 is 2.41 bits per heavy atom. The zero-order valence-electron chi connectivity index (χ0n) is 18.1. The minimum absolute atomic E-state index is 0.00341. The van der Waals surface area contributed by atoms with Gasteiger partial charge in [0.1, 0.15) is 6.54 Å². The van der Waals surface area contributed by atoms with Crippen LogP contribution in [0.3, 0.4) is 0 Å². The van der Waals surface area contributed by atoms with E-state index in [0.717, 1.165) is 17.7 Å². The molecule has 1 N–H and O–H groups in total. The van der Waals surface area contributed by atoms with Crippen LogP contribution in [0.4, 0.5) is 18.9 Å². The molecule has 0 radical (unpaired) electrons. The lowest BCUT2D eigenvalue weighted by molar-refractivity contribution is -0.137. The van der Waals surface area contributed by atoms with Crippen molar-refractivity contribution >= 4 is 32.3 Å². The van der Waals surface area contributed by atoms with Crippen molar-refractivity contribution < 1.29 is 26.4 Å². The van der Waals surface area contributed by atoms with Gasteiger partial charge in [0.05, 0.1) is 16.2 Å². The van der Waals surface area contributed by atoms with Crippen LogP contribution in [0.25, 0.3) is 10.9 Å². The Morgan fingerprint density at radius 2 is 1.68 bits per heavy atom. The molecule has 4 rings (SSSR count). The summed E-state index contributed by atoms with van der Waals surface area (Å²) in [5.74, 6) is -0.771. The standard InChI is InChI=1S/C25H21F3N2O3S/c1-17-7-2-3-8-18(17)16-34(32,33)23-14-30(22-12-5-4-11-21(22)23)15-24(31)29-20-10-6-9-19(13-20)25(26,27)28/h2-14H,15-16H2,1H3,(H,29,31). The molecule has 1 amide bonds. The van der Waals surface area contributed by atoms with E-state index >= 15 is 0 Å². The molecule has 1 aromatic heterocycles. The van der Waals surface area contributed by atoms with Crippen LogP contribution in [0.2, 0.25) is 0 Å². The van der Waals surface area contributed by atoms with E-state index in [9.17, 15) is 26.4 Å². The Hall–Kier alpha value is -3.59. The van der Waals surface area contributed by atoms with Gasteiger partial charge in [-0.3, -0.25) is 4.79 Å². The Bertz CT molecular complexity index is 1470. The number of fused-ring (bicyclic) bond motifs is 1. The molecule has 34 heavy (non-hydrogen) atoms. The van der Waals surface area contributed by atoms with E-state index in [2.05, 4.69) is 5.32 Å². The van der Waals surface area contributed by atoms with Crippen molar-refractivity contribution in [1.29, 1.82) is 0 Å². The molecule has 1 heterocycles. The fourth-order valence-corrected chi connectivity index (χ4v) is 5.46. The number of anilines is 1. The summed E-state index contributed by atoms with van der Waals surface area (Å²) in [6.45, 7) is 1.57. The first-order valence-electron chi connectivity index (χ1n) is 10.4. The highest BCUT2D eigenvalue weighted by molar-refractivity contribution is 7.90. The largest absolute Gasteiger partial charge is 0.416 e. The number of para-hydroxylation sites is 1. The van der Waals surface area contributed by atoms with E-state index < -0.39 is 27.5 Å². The number of hydrogen-bond donors (Lipinski definition) is 1. The summed E-state index contributed by atoms with van der Waals surface area (Å²) in [4.78, 5) is 12.7. The number of rotatable bonds is 6. The number of aromatic nitrogens is 1. The normalized spacial score (nSPS) is 12.1. The van der Waals surface area contributed by atoms with Gasteiger partial charge in [-0.2, -0.15) is 13.2 Å². The lowest BCUT2D eigenvalue weighted by Gasteiger charge is -2.10. The number of sulfone groups is 1. The van der Waals surface area contributed by atoms with Gasteiger partial charge in [-0.05, 0) is 42.3 Å². The second-order valence-corrected chi connectivity index (χ2v) is 9.91. The van der Waals surface area contributed by atoms with Gasteiger partial charge in [0, 0.05) is 22.8 Å². The van der Waals surface area contributed by atoms with Crippen LogP contribution >= 0.6 is 0 Å². The molecule has 0 atom stereocenters. The predicted molar refractivity (Wildman–Crippen MR) is 124 cm³/mol. The Kier molecular flexibility index (Phi) is 6.22. The van der Waals surface area contributed by atoms with Crippen molar-refractivity contribution in [3.05, 3.63) is 95.7 Å². The van der Waals surface area contributed by atoms with Crippen LogP contribution in [0, 0.1) is 6.92 Å². The summed E-state index contributed by atoms with van der Waals surface area (Å²) in [6, 6.07) is 18.3. The van der Waals surface area contributed by atoms with Crippen molar-refractivity contribution in [2.24, 2.45) is 0 Å². The molecule has 0 unspecified atom stereocenters. The Morgan fingerprint density at radius 1 is 0.971 bits per heavy atom. The third kappa shape index (κ3) is 4.99. The molecule has 0 aliphatic carbocycles. The SMILES string of the molecule is Cc1ccccc1CS(=O)(=O)c1cn(CC(=O)Nc2cccc(C(F)(F)F)c2)c2ccccc12. The number of halogens is 3. The average Bonchev–Trinajstić information content (AvgIpc) is 3.14. The summed E-state index contributed by atoms with van der Waals surface area (Å²) in [5, 5.41) is 2.93. The number of nitrogens with zero attached hydrogens (tertiary/aromatic N) is 1. The van der Waals surface area contributed by atoms with E-state index in [1.165, 1.54) is 22.9 Å². The summed E-state index contributed by atoms with van der Waals surface area (Å²) >= 11 is 0. The van der Waals surface area contributed by atoms with Crippen LogP contribution < -0.4 is 5.32 Å². The van der Waals surface area contributed by atoms with Crippen molar-refractivity contribution in [3.63, 3.8) is 0 Å². The third-order valence-electron chi connectivity index (χ3n) is 5.48. The van der Waals surface area contributed by atoms with Crippen molar-refractivity contribution in [3.8, 4) is 0 Å². The number of carbonyl (C=O) groups excluding carboxylic acids is 1. The first kappa shape index (κ1) is 23.6. The second kappa shape index (κ2) is 8.98.